The fraction of sp³-hybridized carbons (Fsp3) is 0.316. The van der Waals surface area contributed by atoms with E-state index in [1.165, 1.54) is 22.9 Å². The van der Waals surface area contributed by atoms with Gasteiger partial charge in [0.1, 0.15) is 8.55 Å². The Bertz CT molecular complexity index is 1000. The molecule has 0 fully saturated rings. The van der Waals surface area contributed by atoms with E-state index in [0.29, 0.717) is 23.0 Å². The normalized spacial score (nSPS) is 19.9. The first-order valence-electron chi connectivity index (χ1n) is 8.45. The first kappa shape index (κ1) is 20.2. The van der Waals surface area contributed by atoms with E-state index < -0.39 is 14.1 Å². The smallest absolute Gasteiger partial charge is 0.252 e. The minimum absolute atomic E-state index is 0.109. The van der Waals surface area contributed by atoms with Gasteiger partial charge in [-0.2, -0.15) is 0 Å². The van der Waals surface area contributed by atoms with E-state index in [1.807, 2.05) is 23.6 Å². The van der Waals surface area contributed by atoms with Crippen LogP contribution in [-0.4, -0.2) is 17.7 Å². The van der Waals surface area contributed by atoms with Crippen LogP contribution in [0.3, 0.4) is 0 Å². The number of anilines is 1. The number of halogens is 1. The molecule has 27 heavy (non-hydrogen) atoms. The van der Waals surface area contributed by atoms with E-state index in [1.54, 1.807) is 6.92 Å². The van der Waals surface area contributed by atoms with Crippen LogP contribution in [0, 0.1) is 20.8 Å². The fourth-order valence-electron chi connectivity index (χ4n) is 2.88. The summed E-state index contributed by atoms with van der Waals surface area (Å²) in [6.07, 6.45) is 6.60. The van der Waals surface area contributed by atoms with Crippen LogP contribution in [0.15, 0.2) is 44.8 Å². The predicted molar refractivity (Wildman–Crippen MR) is 115 cm³/mol. The largest absolute Gasteiger partial charge is 0.336 e. The summed E-state index contributed by atoms with van der Waals surface area (Å²) in [5, 5.41) is 5.62. The van der Waals surface area contributed by atoms with Crippen LogP contribution in [0.4, 0.5) is 5.88 Å². The van der Waals surface area contributed by atoms with Gasteiger partial charge >= 0.3 is 0 Å². The second-order valence-corrected chi connectivity index (χ2v) is 10.9. The lowest BCUT2D eigenvalue weighted by Crippen LogP contribution is -2.37. The quantitative estimate of drug-likeness (QED) is 0.600. The molecule has 1 aliphatic heterocycles. The molecule has 3 rings (SSSR count). The van der Waals surface area contributed by atoms with Crippen molar-refractivity contribution in [3.05, 3.63) is 62.6 Å². The summed E-state index contributed by atoms with van der Waals surface area (Å²) in [4.78, 5) is 0. The molecule has 1 N–H and O–H groups in total. The Balaban J connectivity index is 1.82. The van der Waals surface area contributed by atoms with Crippen LogP contribution < -0.4 is 4.72 Å². The minimum atomic E-state index is -3.72. The van der Waals surface area contributed by atoms with Crippen LogP contribution in [0.1, 0.15) is 35.2 Å². The molecule has 2 aromatic rings. The summed E-state index contributed by atoms with van der Waals surface area (Å²) < 4.78 is 33.4. The number of aryl methyl sites for hydroxylation is 3. The number of sulfonamides is 1. The first-order valence-corrected chi connectivity index (χ1v) is 11.6. The third kappa shape index (κ3) is 4.17. The number of hydrogen-bond acceptors (Lipinski definition) is 5. The Morgan fingerprint density at radius 2 is 2.15 bits per heavy atom. The third-order valence-corrected chi connectivity index (χ3v) is 9.21. The van der Waals surface area contributed by atoms with Crippen molar-refractivity contribution in [3.8, 4) is 0 Å². The van der Waals surface area contributed by atoms with Crippen molar-refractivity contribution in [2.24, 2.45) is 0 Å². The van der Waals surface area contributed by atoms with Crippen LogP contribution in [-0.2, 0) is 10.0 Å². The second-order valence-electron chi connectivity index (χ2n) is 6.59. The Morgan fingerprint density at radius 1 is 1.37 bits per heavy atom. The fourth-order valence-corrected chi connectivity index (χ4v) is 6.08. The molecule has 2 heterocycles. The molecule has 8 heteroatoms. The van der Waals surface area contributed by atoms with E-state index in [2.05, 4.69) is 57.9 Å². The zero-order valence-electron chi connectivity index (χ0n) is 15.3. The van der Waals surface area contributed by atoms with Gasteiger partial charge in [0.05, 0.1) is 5.69 Å². The minimum Gasteiger partial charge on any atom is -0.336 e. The molecule has 1 aliphatic rings. The van der Waals surface area contributed by atoms with Crippen molar-refractivity contribution in [3.63, 3.8) is 0 Å². The molecule has 1 aromatic heterocycles. The molecular formula is C19H21BrN2O3S2. The highest BCUT2D eigenvalue weighted by Crippen LogP contribution is 2.45. The number of benzene rings is 1. The number of hydrogen-bond donors (Lipinski definition) is 1. The van der Waals surface area contributed by atoms with E-state index in [-0.39, 0.29) is 5.88 Å². The maximum absolute atomic E-state index is 13.1. The molecule has 5 nitrogen and oxygen atoms in total. The van der Waals surface area contributed by atoms with Gasteiger partial charge in [-0.25, -0.2) is 13.1 Å². The molecule has 0 aliphatic carbocycles. The lowest BCUT2D eigenvalue weighted by atomic mass is 10.0. The van der Waals surface area contributed by atoms with E-state index in [0.717, 1.165) is 5.56 Å². The zero-order valence-corrected chi connectivity index (χ0v) is 18.5. The van der Waals surface area contributed by atoms with Crippen LogP contribution in [0.2, 0.25) is 0 Å². The predicted octanol–water partition coefficient (Wildman–Crippen LogP) is 5.55. The highest BCUT2D eigenvalue weighted by molar-refractivity contribution is 9.10. The van der Waals surface area contributed by atoms with Gasteiger partial charge in [0.25, 0.3) is 15.9 Å². The zero-order chi connectivity index (χ0) is 19.7. The number of allylic oxidation sites excluding steroid dienone is 2. The summed E-state index contributed by atoms with van der Waals surface area (Å²) >= 11 is 4.62. The van der Waals surface area contributed by atoms with Gasteiger partial charge in [-0.3, -0.25) is 0 Å². The molecule has 1 aromatic carbocycles. The van der Waals surface area contributed by atoms with E-state index in [4.69, 9.17) is 4.52 Å². The van der Waals surface area contributed by atoms with Crippen LogP contribution >= 0.6 is 27.7 Å². The third-order valence-electron chi connectivity index (χ3n) is 4.47. The standard InChI is InChI=1S/C19H21BrN2O3S2/c1-13-7-8-16(14(2)12-13)6-4-9-19(10-5-11-26-19)27(23,24)22-18-17(20)15(3)21-25-18/h4-8,11-12,22H,9-10H2,1-3H3/b6-4+. The van der Waals surface area contributed by atoms with Crippen molar-refractivity contribution >= 4 is 49.7 Å². The number of nitrogens with zero attached hydrogens (tertiary/aromatic N) is 1. The molecular weight excluding hydrogens is 448 g/mol. The molecule has 0 spiro atoms. The maximum Gasteiger partial charge on any atom is 0.252 e. The van der Waals surface area contributed by atoms with Crippen LogP contribution in [0.25, 0.3) is 6.08 Å². The summed E-state index contributed by atoms with van der Waals surface area (Å²) in [5.74, 6) is 0.109. The molecule has 0 bridgehead atoms. The van der Waals surface area contributed by atoms with Crippen LogP contribution in [0.5, 0.6) is 0 Å². The SMILES string of the molecule is Cc1ccc(/C=C/CC2(S(=O)(=O)Nc3onc(C)c3Br)CC=CS2)c(C)c1. The number of rotatable bonds is 6. The maximum atomic E-state index is 13.1. The monoisotopic (exact) mass is 468 g/mol. The Kier molecular flexibility index (Phi) is 5.88. The van der Waals surface area contributed by atoms with Gasteiger partial charge in [-0.1, -0.05) is 47.1 Å². The average Bonchev–Trinajstić information content (AvgIpc) is 3.20. The summed E-state index contributed by atoms with van der Waals surface area (Å²) in [6, 6.07) is 6.22. The Morgan fingerprint density at radius 3 is 2.74 bits per heavy atom. The van der Waals surface area contributed by atoms with Gasteiger partial charge in [0.2, 0.25) is 0 Å². The average molecular weight is 469 g/mol. The summed E-state index contributed by atoms with van der Waals surface area (Å²) in [5.41, 5.74) is 4.05. The van der Waals surface area contributed by atoms with Gasteiger partial charge in [-0.05, 0) is 66.1 Å². The Hall–Kier alpha value is -1.51. The molecule has 1 unspecified atom stereocenters. The number of nitrogens with one attached hydrogen (secondary N) is 1. The molecule has 0 saturated carbocycles. The summed E-state index contributed by atoms with van der Waals surface area (Å²) in [6.45, 7) is 5.84. The summed E-state index contributed by atoms with van der Waals surface area (Å²) in [7, 11) is -3.72. The molecule has 0 amide bonds. The van der Waals surface area contributed by atoms with E-state index >= 15 is 0 Å². The highest BCUT2D eigenvalue weighted by Gasteiger charge is 2.45. The van der Waals surface area contributed by atoms with Crippen molar-refractivity contribution < 1.29 is 12.9 Å². The van der Waals surface area contributed by atoms with E-state index in [9.17, 15) is 8.42 Å². The van der Waals surface area contributed by atoms with Gasteiger partial charge in [-0.15, -0.1) is 11.8 Å². The lowest BCUT2D eigenvalue weighted by Gasteiger charge is -2.26. The molecule has 0 radical (unpaired) electrons. The molecule has 0 saturated heterocycles. The number of thioether (sulfide) groups is 1. The van der Waals surface area contributed by atoms with Crippen molar-refractivity contribution in [2.75, 3.05) is 4.72 Å². The molecule has 1 atom stereocenters. The second kappa shape index (κ2) is 7.85. The van der Waals surface area contributed by atoms with Crippen molar-refractivity contribution in [1.29, 1.82) is 0 Å². The highest BCUT2D eigenvalue weighted by atomic mass is 79.9. The Labute approximate surface area is 172 Å². The van der Waals surface area contributed by atoms with Gasteiger partial charge < -0.3 is 4.52 Å². The number of aromatic nitrogens is 1. The lowest BCUT2D eigenvalue weighted by molar-refractivity contribution is 0.430. The topological polar surface area (TPSA) is 72.2 Å². The molecule has 144 valence electrons. The van der Waals surface area contributed by atoms with Crippen molar-refractivity contribution in [1.82, 2.24) is 5.16 Å². The first-order chi connectivity index (χ1) is 12.7. The van der Waals surface area contributed by atoms with Gasteiger partial charge in [0.15, 0.2) is 0 Å². The van der Waals surface area contributed by atoms with Gasteiger partial charge in [0, 0.05) is 0 Å². The van der Waals surface area contributed by atoms with Crippen molar-refractivity contribution in [2.45, 2.75) is 37.7 Å².